The summed E-state index contributed by atoms with van der Waals surface area (Å²) in [7, 11) is 0. The predicted octanol–water partition coefficient (Wildman–Crippen LogP) is 4.71. The second-order valence-corrected chi connectivity index (χ2v) is 5.99. The lowest BCUT2D eigenvalue weighted by molar-refractivity contribution is -0.294. The molecule has 0 aliphatic heterocycles. The zero-order valence-electron chi connectivity index (χ0n) is 13.5. The van der Waals surface area contributed by atoms with E-state index in [9.17, 15) is 31.1 Å². The first kappa shape index (κ1) is 20.8. The molecule has 2 aromatic rings. The van der Waals surface area contributed by atoms with Crippen LogP contribution in [0.3, 0.4) is 0 Å². The number of hydrogen-bond acceptors (Lipinski definition) is 3. The van der Waals surface area contributed by atoms with Crippen molar-refractivity contribution in [2.24, 2.45) is 0 Å². The van der Waals surface area contributed by atoms with Gasteiger partial charge in [-0.25, -0.2) is 4.98 Å². The fourth-order valence-electron chi connectivity index (χ4n) is 2.06. The molecule has 27 heavy (non-hydrogen) atoms. The maximum Gasteiger partial charge on any atom is 0.439 e. The van der Waals surface area contributed by atoms with Crippen LogP contribution in [-0.4, -0.2) is 28.9 Å². The summed E-state index contributed by atoms with van der Waals surface area (Å²) in [5, 5.41) is 2.30. The van der Waals surface area contributed by atoms with E-state index < -0.39 is 29.7 Å². The second-order valence-electron chi connectivity index (χ2n) is 5.55. The van der Waals surface area contributed by atoms with Crippen molar-refractivity contribution in [2.45, 2.75) is 24.9 Å². The number of aryl methyl sites for hydroxylation is 1. The Kier molecular flexibility index (Phi) is 5.60. The highest BCUT2D eigenvalue weighted by molar-refractivity contribution is 6.30. The topological polar surface area (TPSA) is 54.0 Å². The zero-order valence-corrected chi connectivity index (χ0v) is 14.3. The zero-order chi connectivity index (χ0) is 20.5. The SMILES string of the molecule is Cc1ccc(C(=O)NC(Nc2ccc(Cl)cn2)(C(F)(F)F)C(F)(F)F)cc1. The van der Waals surface area contributed by atoms with E-state index in [0.29, 0.717) is 5.56 Å². The molecule has 0 radical (unpaired) electrons. The molecule has 1 aromatic carbocycles. The Bertz CT molecular complexity index is 789. The summed E-state index contributed by atoms with van der Waals surface area (Å²) in [6.07, 6.45) is -11.0. The number of nitrogens with zero attached hydrogens (tertiary/aromatic N) is 1. The molecule has 2 N–H and O–H groups in total. The highest BCUT2D eigenvalue weighted by Crippen LogP contribution is 2.43. The van der Waals surface area contributed by atoms with Crippen molar-refractivity contribution in [3.8, 4) is 0 Å². The lowest BCUT2D eigenvalue weighted by Gasteiger charge is -2.38. The van der Waals surface area contributed by atoms with Crippen LogP contribution in [0.15, 0.2) is 42.6 Å². The van der Waals surface area contributed by atoms with E-state index in [4.69, 9.17) is 11.6 Å². The number of carbonyl (C=O) groups excluding carboxylic acids is 1. The van der Waals surface area contributed by atoms with Crippen LogP contribution in [-0.2, 0) is 0 Å². The van der Waals surface area contributed by atoms with E-state index in [-0.39, 0.29) is 10.6 Å². The quantitative estimate of drug-likeness (QED) is 0.566. The number of benzene rings is 1. The van der Waals surface area contributed by atoms with Crippen LogP contribution in [0, 0.1) is 6.92 Å². The number of pyridine rings is 1. The van der Waals surface area contributed by atoms with Gasteiger partial charge in [-0.15, -0.1) is 0 Å². The molecule has 0 saturated carbocycles. The molecule has 1 aromatic heterocycles. The van der Waals surface area contributed by atoms with Gasteiger partial charge in [-0.05, 0) is 31.2 Å². The molecule has 2 rings (SSSR count). The molecular weight excluding hydrogens is 400 g/mol. The van der Waals surface area contributed by atoms with E-state index >= 15 is 0 Å². The lowest BCUT2D eigenvalue weighted by Crippen LogP contribution is -2.72. The maximum atomic E-state index is 13.5. The molecule has 0 spiro atoms. The fraction of sp³-hybridized carbons (Fsp3) is 0.250. The summed E-state index contributed by atoms with van der Waals surface area (Å²) < 4.78 is 81.2. The molecule has 0 fully saturated rings. The third-order valence-corrected chi connectivity index (χ3v) is 3.73. The smallest absolute Gasteiger partial charge is 0.332 e. The molecule has 146 valence electrons. The van der Waals surface area contributed by atoms with Gasteiger partial charge in [0.15, 0.2) is 0 Å². The molecule has 0 atom stereocenters. The van der Waals surface area contributed by atoms with Crippen molar-refractivity contribution in [2.75, 3.05) is 5.32 Å². The van der Waals surface area contributed by atoms with Gasteiger partial charge in [-0.3, -0.25) is 4.79 Å². The number of amides is 1. The van der Waals surface area contributed by atoms with Crippen LogP contribution in [0.5, 0.6) is 0 Å². The van der Waals surface area contributed by atoms with Crippen molar-refractivity contribution in [3.63, 3.8) is 0 Å². The molecule has 0 unspecified atom stereocenters. The van der Waals surface area contributed by atoms with Gasteiger partial charge in [0.25, 0.3) is 5.91 Å². The van der Waals surface area contributed by atoms with E-state index in [1.807, 2.05) is 0 Å². The molecule has 0 aliphatic carbocycles. The Labute approximate surface area is 154 Å². The Hall–Kier alpha value is -2.49. The van der Waals surface area contributed by atoms with Crippen LogP contribution in [0.25, 0.3) is 0 Å². The molecule has 4 nitrogen and oxygen atoms in total. The number of rotatable bonds is 4. The lowest BCUT2D eigenvalue weighted by atomic mass is 10.1. The largest absolute Gasteiger partial charge is 0.439 e. The average molecular weight is 412 g/mol. The molecule has 1 heterocycles. The van der Waals surface area contributed by atoms with Crippen LogP contribution in [0.4, 0.5) is 32.2 Å². The van der Waals surface area contributed by atoms with Crippen molar-refractivity contribution in [3.05, 3.63) is 58.7 Å². The second kappa shape index (κ2) is 7.26. The Morgan fingerprint density at radius 2 is 1.52 bits per heavy atom. The summed E-state index contributed by atoms with van der Waals surface area (Å²) in [4.78, 5) is 15.5. The summed E-state index contributed by atoms with van der Waals surface area (Å²) in [5.74, 6) is -2.34. The minimum absolute atomic E-state index is 0.00820. The van der Waals surface area contributed by atoms with E-state index in [1.54, 1.807) is 6.92 Å². The van der Waals surface area contributed by atoms with Gasteiger partial charge < -0.3 is 10.6 Å². The molecule has 1 amide bonds. The number of aromatic nitrogens is 1. The number of alkyl halides is 6. The first-order chi connectivity index (χ1) is 12.4. The Morgan fingerprint density at radius 3 is 1.96 bits per heavy atom. The van der Waals surface area contributed by atoms with Crippen molar-refractivity contribution < 1.29 is 31.1 Å². The third kappa shape index (κ3) is 4.44. The van der Waals surface area contributed by atoms with Crippen LogP contribution < -0.4 is 10.6 Å². The van der Waals surface area contributed by atoms with Crippen molar-refractivity contribution in [1.29, 1.82) is 0 Å². The average Bonchev–Trinajstić information content (AvgIpc) is 2.54. The number of anilines is 1. The van der Waals surface area contributed by atoms with E-state index in [0.717, 1.165) is 35.8 Å². The number of hydrogen-bond donors (Lipinski definition) is 2. The van der Waals surface area contributed by atoms with Gasteiger partial charge in [0.2, 0.25) is 0 Å². The molecular formula is C16H12ClF6N3O. The van der Waals surface area contributed by atoms with Crippen LogP contribution >= 0.6 is 11.6 Å². The van der Waals surface area contributed by atoms with E-state index in [1.165, 1.54) is 17.4 Å². The standard InChI is InChI=1S/C16H12ClF6N3O/c1-9-2-4-10(5-3-9)13(27)26-14(15(18,19)20,16(21,22)23)25-12-7-6-11(17)8-24-12/h2-8H,1H3,(H,24,25)(H,26,27). The minimum Gasteiger partial charge on any atom is -0.332 e. The monoisotopic (exact) mass is 411 g/mol. The predicted molar refractivity (Wildman–Crippen MR) is 86.4 cm³/mol. The van der Waals surface area contributed by atoms with Gasteiger partial charge in [0.05, 0.1) is 5.02 Å². The van der Waals surface area contributed by atoms with Gasteiger partial charge >= 0.3 is 18.0 Å². The molecule has 0 bridgehead atoms. The van der Waals surface area contributed by atoms with Crippen molar-refractivity contribution in [1.82, 2.24) is 10.3 Å². The number of nitrogens with one attached hydrogen (secondary N) is 2. The summed E-state index contributed by atoms with van der Waals surface area (Å²) in [5.41, 5.74) is -4.46. The minimum atomic E-state index is -5.94. The van der Waals surface area contributed by atoms with Gasteiger partial charge in [-0.1, -0.05) is 29.3 Å². The van der Waals surface area contributed by atoms with Crippen LogP contribution in [0.1, 0.15) is 15.9 Å². The fourth-order valence-corrected chi connectivity index (χ4v) is 2.18. The first-order valence-corrected chi connectivity index (χ1v) is 7.66. The van der Waals surface area contributed by atoms with Crippen LogP contribution in [0.2, 0.25) is 5.02 Å². The van der Waals surface area contributed by atoms with E-state index in [2.05, 4.69) is 4.98 Å². The maximum absolute atomic E-state index is 13.5. The summed E-state index contributed by atoms with van der Waals surface area (Å²) >= 11 is 5.54. The highest BCUT2D eigenvalue weighted by atomic mass is 35.5. The van der Waals surface area contributed by atoms with Gasteiger partial charge in [-0.2, -0.15) is 26.3 Å². The normalized spacial score (nSPS) is 12.6. The summed E-state index contributed by atoms with van der Waals surface area (Å²) in [6, 6.07) is 6.87. The van der Waals surface area contributed by atoms with Gasteiger partial charge in [0, 0.05) is 11.8 Å². The molecule has 11 heteroatoms. The number of carbonyl (C=O) groups is 1. The van der Waals surface area contributed by atoms with Crippen molar-refractivity contribution >= 4 is 23.3 Å². The van der Waals surface area contributed by atoms with Gasteiger partial charge in [0.1, 0.15) is 5.82 Å². The molecule has 0 saturated heterocycles. The highest BCUT2D eigenvalue weighted by Gasteiger charge is 2.72. The first-order valence-electron chi connectivity index (χ1n) is 7.28. The Morgan fingerprint density at radius 1 is 0.963 bits per heavy atom. The Balaban J connectivity index is 2.49. The molecule has 0 aliphatic rings. The third-order valence-electron chi connectivity index (χ3n) is 3.51. The number of halogens is 7. The summed E-state index contributed by atoms with van der Waals surface area (Å²) in [6.45, 7) is 1.64.